The van der Waals surface area contributed by atoms with Crippen molar-refractivity contribution in [3.05, 3.63) is 34.6 Å². The fraction of sp³-hybridized carbons (Fsp3) is 0.364. The van der Waals surface area contributed by atoms with Crippen molar-refractivity contribution in [2.75, 3.05) is 0 Å². The molecule has 6 heteroatoms. The number of aryl methyl sites for hydroxylation is 1. The van der Waals surface area contributed by atoms with Crippen LogP contribution in [0.15, 0.2) is 12.1 Å². The SMILES string of the molecule is Cc1c(F)ccc(CCC(=O)O)c1C(F)(F)F. The van der Waals surface area contributed by atoms with Crippen molar-refractivity contribution in [2.45, 2.75) is 25.9 Å². The lowest BCUT2D eigenvalue weighted by Gasteiger charge is -2.15. The number of halogens is 4. The summed E-state index contributed by atoms with van der Waals surface area (Å²) >= 11 is 0. The lowest BCUT2D eigenvalue weighted by molar-refractivity contribution is -0.140. The number of aliphatic carboxylic acids is 1. The highest BCUT2D eigenvalue weighted by molar-refractivity contribution is 5.67. The van der Waals surface area contributed by atoms with Gasteiger partial charge in [0.05, 0.1) is 5.56 Å². The third-order valence-electron chi connectivity index (χ3n) is 2.38. The molecule has 0 aliphatic carbocycles. The van der Waals surface area contributed by atoms with Crippen molar-refractivity contribution in [1.82, 2.24) is 0 Å². The minimum absolute atomic E-state index is 0.196. The molecule has 0 fully saturated rings. The van der Waals surface area contributed by atoms with Crippen LogP contribution in [0.25, 0.3) is 0 Å². The van der Waals surface area contributed by atoms with Crippen LogP contribution in [0, 0.1) is 12.7 Å². The minimum Gasteiger partial charge on any atom is -0.481 e. The van der Waals surface area contributed by atoms with Crippen LogP contribution < -0.4 is 0 Å². The van der Waals surface area contributed by atoms with Gasteiger partial charge in [0.2, 0.25) is 0 Å². The van der Waals surface area contributed by atoms with Gasteiger partial charge in [-0.25, -0.2) is 4.39 Å². The van der Waals surface area contributed by atoms with Gasteiger partial charge in [-0.2, -0.15) is 13.2 Å². The van der Waals surface area contributed by atoms with Gasteiger partial charge in [-0.05, 0) is 30.5 Å². The maximum absolute atomic E-state index is 13.1. The van der Waals surface area contributed by atoms with Crippen LogP contribution in [0.5, 0.6) is 0 Å². The summed E-state index contributed by atoms with van der Waals surface area (Å²) < 4.78 is 51.2. The maximum Gasteiger partial charge on any atom is 0.417 e. The summed E-state index contributed by atoms with van der Waals surface area (Å²) in [6, 6.07) is 1.90. The quantitative estimate of drug-likeness (QED) is 0.836. The Kier molecular flexibility index (Phi) is 3.75. The molecule has 17 heavy (non-hydrogen) atoms. The molecule has 0 spiro atoms. The van der Waals surface area contributed by atoms with Crippen molar-refractivity contribution in [3.63, 3.8) is 0 Å². The van der Waals surface area contributed by atoms with Crippen LogP contribution in [-0.4, -0.2) is 11.1 Å². The Hall–Kier alpha value is -1.59. The molecule has 2 nitrogen and oxygen atoms in total. The number of carbonyl (C=O) groups is 1. The van der Waals surface area contributed by atoms with Gasteiger partial charge in [0, 0.05) is 6.42 Å². The van der Waals surface area contributed by atoms with Gasteiger partial charge in [-0.15, -0.1) is 0 Å². The van der Waals surface area contributed by atoms with Gasteiger partial charge in [0.15, 0.2) is 0 Å². The van der Waals surface area contributed by atoms with Gasteiger partial charge in [0.1, 0.15) is 5.82 Å². The summed E-state index contributed by atoms with van der Waals surface area (Å²) in [7, 11) is 0. The zero-order valence-corrected chi connectivity index (χ0v) is 8.94. The molecule has 0 unspecified atom stereocenters. The lowest BCUT2D eigenvalue weighted by atomic mass is 9.97. The van der Waals surface area contributed by atoms with E-state index in [0.717, 1.165) is 19.1 Å². The predicted molar refractivity (Wildman–Crippen MR) is 52.1 cm³/mol. The topological polar surface area (TPSA) is 37.3 Å². The van der Waals surface area contributed by atoms with Crippen LogP contribution in [0.2, 0.25) is 0 Å². The zero-order chi connectivity index (χ0) is 13.2. The molecule has 0 saturated heterocycles. The van der Waals surface area contributed by atoms with Crippen LogP contribution in [0.1, 0.15) is 23.1 Å². The van der Waals surface area contributed by atoms with Gasteiger partial charge in [0.25, 0.3) is 0 Å². The van der Waals surface area contributed by atoms with Crippen molar-refractivity contribution in [3.8, 4) is 0 Å². The van der Waals surface area contributed by atoms with Crippen molar-refractivity contribution < 1.29 is 27.5 Å². The van der Waals surface area contributed by atoms with E-state index in [4.69, 9.17) is 5.11 Å². The molecule has 0 heterocycles. The maximum atomic E-state index is 13.1. The molecular formula is C11H10F4O2. The summed E-state index contributed by atoms with van der Waals surface area (Å²) in [4.78, 5) is 10.3. The second kappa shape index (κ2) is 4.73. The molecule has 0 aliphatic rings. The highest BCUT2D eigenvalue weighted by atomic mass is 19.4. The molecular weight excluding hydrogens is 240 g/mol. The van der Waals surface area contributed by atoms with E-state index in [1.807, 2.05) is 0 Å². The van der Waals surface area contributed by atoms with Crippen molar-refractivity contribution >= 4 is 5.97 Å². The first kappa shape index (κ1) is 13.5. The fourth-order valence-corrected chi connectivity index (χ4v) is 1.59. The number of alkyl halides is 3. The third-order valence-corrected chi connectivity index (χ3v) is 2.38. The molecule has 0 atom stereocenters. The first-order valence-electron chi connectivity index (χ1n) is 4.80. The standard InChI is InChI=1S/C11H10F4O2/c1-6-8(12)4-2-7(3-5-9(16)17)10(6)11(13,14)15/h2,4H,3,5H2,1H3,(H,16,17). The smallest absolute Gasteiger partial charge is 0.417 e. The van der Waals surface area contributed by atoms with Crippen molar-refractivity contribution in [2.24, 2.45) is 0 Å². The second-order valence-corrected chi connectivity index (χ2v) is 3.60. The molecule has 0 saturated carbocycles. The number of rotatable bonds is 3. The molecule has 0 amide bonds. The van der Waals surface area contributed by atoms with Gasteiger partial charge < -0.3 is 5.11 Å². The number of hydrogen-bond acceptors (Lipinski definition) is 1. The van der Waals surface area contributed by atoms with Crippen LogP contribution in [-0.2, 0) is 17.4 Å². The first-order valence-corrected chi connectivity index (χ1v) is 4.80. The summed E-state index contributed by atoms with van der Waals surface area (Å²) in [5.41, 5.74) is -1.77. The average molecular weight is 250 g/mol. The molecule has 94 valence electrons. The molecule has 0 aliphatic heterocycles. The Balaban J connectivity index is 3.21. The third kappa shape index (κ3) is 3.18. The Labute approximate surface area is 94.9 Å². The van der Waals surface area contributed by atoms with Crippen molar-refractivity contribution in [1.29, 1.82) is 0 Å². The highest BCUT2D eigenvalue weighted by Gasteiger charge is 2.36. The minimum atomic E-state index is -4.68. The molecule has 0 aromatic heterocycles. The molecule has 1 N–H and O–H groups in total. The fourth-order valence-electron chi connectivity index (χ4n) is 1.59. The monoisotopic (exact) mass is 250 g/mol. The van der Waals surface area contributed by atoms with E-state index in [-0.39, 0.29) is 12.0 Å². The predicted octanol–water partition coefficient (Wildman–Crippen LogP) is 3.17. The largest absolute Gasteiger partial charge is 0.481 e. The molecule has 1 aromatic rings. The molecule has 1 rings (SSSR count). The van der Waals surface area contributed by atoms with Crippen LogP contribution >= 0.6 is 0 Å². The Morgan fingerprint density at radius 2 is 1.94 bits per heavy atom. The summed E-state index contributed by atoms with van der Waals surface area (Å²) in [6.45, 7) is 1.03. The Morgan fingerprint density at radius 1 is 1.35 bits per heavy atom. The highest BCUT2D eigenvalue weighted by Crippen LogP contribution is 2.36. The summed E-state index contributed by atoms with van der Waals surface area (Å²) in [5.74, 6) is -2.14. The van der Waals surface area contributed by atoms with E-state index in [1.165, 1.54) is 0 Å². The lowest BCUT2D eigenvalue weighted by Crippen LogP contribution is -2.13. The Morgan fingerprint density at radius 3 is 2.41 bits per heavy atom. The zero-order valence-electron chi connectivity index (χ0n) is 8.94. The molecule has 0 bridgehead atoms. The van der Waals surface area contributed by atoms with Gasteiger partial charge in [-0.1, -0.05) is 6.07 Å². The molecule has 1 aromatic carbocycles. The van der Waals surface area contributed by atoms with Gasteiger partial charge >= 0.3 is 12.1 Å². The Bertz CT molecular complexity index is 438. The van der Waals surface area contributed by atoms with E-state index in [0.29, 0.717) is 0 Å². The van der Waals surface area contributed by atoms with Crippen LogP contribution in [0.4, 0.5) is 17.6 Å². The number of hydrogen-bond donors (Lipinski definition) is 1. The first-order chi connectivity index (χ1) is 7.73. The number of carboxylic acid groups (broad SMARTS) is 1. The summed E-state index contributed by atoms with van der Waals surface area (Å²) in [5, 5.41) is 8.44. The van der Waals surface area contributed by atoms with E-state index in [2.05, 4.69) is 0 Å². The summed E-state index contributed by atoms with van der Waals surface area (Å²) in [6.07, 6.45) is -5.38. The van der Waals surface area contributed by atoms with Gasteiger partial charge in [-0.3, -0.25) is 4.79 Å². The number of carboxylic acids is 1. The van der Waals surface area contributed by atoms with E-state index < -0.39 is 35.5 Å². The van der Waals surface area contributed by atoms with E-state index in [1.54, 1.807) is 0 Å². The number of benzene rings is 1. The average Bonchev–Trinajstić information content (AvgIpc) is 2.17. The second-order valence-electron chi connectivity index (χ2n) is 3.60. The van der Waals surface area contributed by atoms with E-state index in [9.17, 15) is 22.4 Å². The van der Waals surface area contributed by atoms with E-state index >= 15 is 0 Å². The van der Waals surface area contributed by atoms with Crippen LogP contribution in [0.3, 0.4) is 0 Å². The molecule has 0 radical (unpaired) electrons. The normalized spacial score (nSPS) is 11.6.